The van der Waals surface area contributed by atoms with Gasteiger partial charge in [0.15, 0.2) is 0 Å². The number of likely N-dealkylation sites (N-methyl/N-ethyl adjacent to an activating group) is 1. The van der Waals surface area contributed by atoms with Gasteiger partial charge in [0.05, 0.1) is 0 Å². The van der Waals surface area contributed by atoms with Crippen LogP contribution in [0.3, 0.4) is 0 Å². The van der Waals surface area contributed by atoms with Gasteiger partial charge in [-0.15, -0.1) is 0 Å². The standard InChI is InChI=1S/C15H32N2/c1-5-12(3)15(16)11-17(4)14-9-7-13(6-2)8-10-14/h12-15H,5-11,16H2,1-4H3. The monoisotopic (exact) mass is 240 g/mol. The fourth-order valence-corrected chi connectivity index (χ4v) is 2.96. The van der Waals surface area contributed by atoms with Gasteiger partial charge in [-0.3, -0.25) is 0 Å². The van der Waals surface area contributed by atoms with E-state index in [0.717, 1.165) is 18.5 Å². The Bertz CT molecular complexity index is 197. The summed E-state index contributed by atoms with van der Waals surface area (Å²) in [7, 11) is 2.26. The minimum atomic E-state index is 0.342. The van der Waals surface area contributed by atoms with Crippen LogP contribution in [0.25, 0.3) is 0 Å². The van der Waals surface area contributed by atoms with Crippen molar-refractivity contribution in [2.24, 2.45) is 17.6 Å². The molecule has 2 N–H and O–H groups in total. The SMILES string of the molecule is CCC1CCC(N(C)CC(N)C(C)CC)CC1. The Morgan fingerprint density at radius 1 is 1.18 bits per heavy atom. The first-order valence-electron chi connectivity index (χ1n) is 7.54. The van der Waals surface area contributed by atoms with E-state index in [-0.39, 0.29) is 0 Å². The summed E-state index contributed by atoms with van der Waals surface area (Å²) in [5.74, 6) is 1.63. The van der Waals surface area contributed by atoms with Crippen LogP contribution in [-0.2, 0) is 0 Å². The molecule has 1 aliphatic carbocycles. The summed E-state index contributed by atoms with van der Waals surface area (Å²) in [6.45, 7) is 7.90. The molecule has 1 saturated carbocycles. The highest BCUT2D eigenvalue weighted by Gasteiger charge is 2.24. The van der Waals surface area contributed by atoms with E-state index in [0.29, 0.717) is 12.0 Å². The summed E-state index contributed by atoms with van der Waals surface area (Å²) < 4.78 is 0. The molecule has 0 saturated heterocycles. The van der Waals surface area contributed by atoms with Gasteiger partial charge in [0, 0.05) is 18.6 Å². The molecule has 0 spiro atoms. The van der Waals surface area contributed by atoms with Crippen LogP contribution in [0.2, 0.25) is 0 Å². The molecule has 1 rings (SSSR count). The summed E-state index contributed by atoms with van der Waals surface area (Å²) >= 11 is 0. The third-order valence-corrected chi connectivity index (χ3v) is 4.89. The molecule has 2 heteroatoms. The maximum absolute atomic E-state index is 6.25. The zero-order chi connectivity index (χ0) is 12.8. The van der Waals surface area contributed by atoms with Crippen molar-refractivity contribution in [3.8, 4) is 0 Å². The summed E-state index contributed by atoms with van der Waals surface area (Å²) in [4.78, 5) is 2.52. The molecule has 0 amide bonds. The van der Waals surface area contributed by atoms with Crippen molar-refractivity contribution < 1.29 is 0 Å². The zero-order valence-corrected chi connectivity index (χ0v) is 12.3. The van der Waals surface area contributed by atoms with E-state index in [1.54, 1.807) is 0 Å². The van der Waals surface area contributed by atoms with Gasteiger partial charge in [-0.05, 0) is 44.6 Å². The van der Waals surface area contributed by atoms with Gasteiger partial charge in [-0.1, -0.05) is 33.6 Å². The first-order valence-corrected chi connectivity index (χ1v) is 7.54. The number of rotatable bonds is 6. The van der Waals surface area contributed by atoms with Crippen molar-refractivity contribution in [3.63, 3.8) is 0 Å². The summed E-state index contributed by atoms with van der Waals surface area (Å²) in [6, 6.07) is 1.13. The van der Waals surface area contributed by atoms with Gasteiger partial charge in [-0.2, -0.15) is 0 Å². The highest BCUT2D eigenvalue weighted by atomic mass is 15.1. The molecule has 0 aromatic rings. The van der Waals surface area contributed by atoms with Crippen molar-refractivity contribution in [2.45, 2.75) is 71.4 Å². The van der Waals surface area contributed by atoms with Gasteiger partial charge >= 0.3 is 0 Å². The van der Waals surface area contributed by atoms with Gasteiger partial charge in [0.25, 0.3) is 0 Å². The normalized spacial score (nSPS) is 29.3. The molecular weight excluding hydrogens is 208 g/mol. The fraction of sp³-hybridized carbons (Fsp3) is 1.00. The molecule has 0 radical (unpaired) electrons. The third-order valence-electron chi connectivity index (χ3n) is 4.89. The molecule has 0 heterocycles. The van der Waals surface area contributed by atoms with E-state index in [4.69, 9.17) is 5.73 Å². The Hall–Kier alpha value is -0.0800. The largest absolute Gasteiger partial charge is 0.326 e. The van der Waals surface area contributed by atoms with E-state index >= 15 is 0 Å². The first kappa shape index (κ1) is 15.0. The van der Waals surface area contributed by atoms with Crippen LogP contribution in [0.4, 0.5) is 0 Å². The average Bonchev–Trinajstić information content (AvgIpc) is 2.37. The lowest BCUT2D eigenvalue weighted by atomic mass is 9.84. The minimum Gasteiger partial charge on any atom is -0.326 e. The molecule has 2 atom stereocenters. The Balaban J connectivity index is 2.31. The molecule has 102 valence electrons. The number of hydrogen-bond donors (Lipinski definition) is 1. The number of hydrogen-bond acceptors (Lipinski definition) is 2. The van der Waals surface area contributed by atoms with Crippen molar-refractivity contribution in [1.82, 2.24) is 4.90 Å². The highest BCUT2D eigenvalue weighted by molar-refractivity contribution is 4.81. The molecule has 2 unspecified atom stereocenters. The van der Waals surface area contributed by atoms with Crippen molar-refractivity contribution in [2.75, 3.05) is 13.6 Å². The van der Waals surface area contributed by atoms with Crippen molar-refractivity contribution >= 4 is 0 Å². The lowest BCUT2D eigenvalue weighted by molar-refractivity contribution is 0.147. The summed E-state index contributed by atoms with van der Waals surface area (Å²) in [6.07, 6.45) is 8.15. The predicted octanol–water partition coefficient (Wildman–Crippen LogP) is 3.26. The average molecular weight is 240 g/mol. The molecule has 1 aliphatic rings. The van der Waals surface area contributed by atoms with Gasteiger partial charge in [-0.25, -0.2) is 0 Å². The van der Waals surface area contributed by atoms with Crippen LogP contribution in [0.5, 0.6) is 0 Å². The Morgan fingerprint density at radius 2 is 1.76 bits per heavy atom. The molecule has 17 heavy (non-hydrogen) atoms. The van der Waals surface area contributed by atoms with Crippen LogP contribution >= 0.6 is 0 Å². The second-order valence-corrected chi connectivity index (χ2v) is 6.07. The van der Waals surface area contributed by atoms with Crippen LogP contribution in [-0.4, -0.2) is 30.6 Å². The van der Waals surface area contributed by atoms with E-state index in [2.05, 4.69) is 32.7 Å². The van der Waals surface area contributed by atoms with Gasteiger partial charge in [0.2, 0.25) is 0 Å². The second kappa shape index (κ2) is 7.38. The van der Waals surface area contributed by atoms with Crippen molar-refractivity contribution in [1.29, 1.82) is 0 Å². The minimum absolute atomic E-state index is 0.342. The van der Waals surface area contributed by atoms with Gasteiger partial charge in [0.1, 0.15) is 0 Å². The Kier molecular flexibility index (Phi) is 6.50. The van der Waals surface area contributed by atoms with E-state index in [9.17, 15) is 0 Å². The van der Waals surface area contributed by atoms with Crippen LogP contribution in [0, 0.1) is 11.8 Å². The summed E-state index contributed by atoms with van der Waals surface area (Å²) in [5.41, 5.74) is 6.25. The summed E-state index contributed by atoms with van der Waals surface area (Å²) in [5, 5.41) is 0. The maximum atomic E-state index is 6.25. The Labute approximate surface area is 108 Å². The quantitative estimate of drug-likeness (QED) is 0.772. The lowest BCUT2D eigenvalue weighted by Crippen LogP contribution is -2.45. The number of nitrogens with two attached hydrogens (primary N) is 1. The Morgan fingerprint density at radius 3 is 2.24 bits per heavy atom. The van der Waals surface area contributed by atoms with E-state index in [1.165, 1.54) is 38.5 Å². The predicted molar refractivity (Wildman–Crippen MR) is 76.1 cm³/mol. The molecule has 1 fully saturated rings. The smallest absolute Gasteiger partial charge is 0.0193 e. The highest BCUT2D eigenvalue weighted by Crippen LogP contribution is 2.29. The molecule has 0 aromatic carbocycles. The molecule has 0 aromatic heterocycles. The van der Waals surface area contributed by atoms with Crippen LogP contribution in [0.1, 0.15) is 59.3 Å². The fourth-order valence-electron chi connectivity index (χ4n) is 2.96. The van der Waals surface area contributed by atoms with Crippen LogP contribution in [0.15, 0.2) is 0 Å². The second-order valence-electron chi connectivity index (χ2n) is 6.07. The van der Waals surface area contributed by atoms with Crippen LogP contribution < -0.4 is 5.73 Å². The topological polar surface area (TPSA) is 29.3 Å². The van der Waals surface area contributed by atoms with Gasteiger partial charge < -0.3 is 10.6 Å². The molecular formula is C15H32N2. The molecule has 0 bridgehead atoms. The zero-order valence-electron chi connectivity index (χ0n) is 12.3. The lowest BCUT2D eigenvalue weighted by Gasteiger charge is -2.36. The first-order chi connectivity index (χ1) is 8.08. The molecule has 2 nitrogen and oxygen atoms in total. The maximum Gasteiger partial charge on any atom is 0.0193 e. The van der Waals surface area contributed by atoms with E-state index in [1.807, 2.05) is 0 Å². The number of nitrogens with zero attached hydrogens (tertiary/aromatic N) is 1. The van der Waals surface area contributed by atoms with E-state index < -0.39 is 0 Å². The molecule has 0 aliphatic heterocycles. The third kappa shape index (κ3) is 4.59. The van der Waals surface area contributed by atoms with Crippen molar-refractivity contribution in [3.05, 3.63) is 0 Å².